The Kier molecular flexibility index (Phi) is 5.56. The number of anilines is 1. The van der Waals surface area contributed by atoms with Gasteiger partial charge < -0.3 is 14.8 Å². The van der Waals surface area contributed by atoms with Crippen molar-refractivity contribution < 1.29 is 23.0 Å². The second-order valence-electron chi connectivity index (χ2n) is 6.37. The summed E-state index contributed by atoms with van der Waals surface area (Å²) in [6.07, 6.45) is 0. The molecule has 0 saturated carbocycles. The van der Waals surface area contributed by atoms with Crippen molar-refractivity contribution in [3.05, 3.63) is 83.9 Å². The van der Waals surface area contributed by atoms with E-state index < -0.39 is 6.61 Å². The Bertz CT molecular complexity index is 1160. The Hall–Kier alpha value is -3.94. The molecule has 4 aromatic rings. The minimum Gasteiger partial charge on any atom is -0.489 e. The number of carbonyl (C=O) groups excluding carboxylic acids is 1. The van der Waals surface area contributed by atoms with Crippen LogP contribution in [0.2, 0.25) is 0 Å². The number of aromatic amines is 1. The van der Waals surface area contributed by atoms with Crippen LogP contribution in [-0.2, 0) is 6.61 Å². The van der Waals surface area contributed by atoms with E-state index in [0.717, 1.165) is 0 Å². The topological polar surface area (TPSA) is 76.2 Å². The number of amides is 1. The largest absolute Gasteiger partial charge is 0.489 e. The van der Waals surface area contributed by atoms with Gasteiger partial charge in [0.2, 0.25) is 0 Å². The number of carbonyl (C=O) groups is 1. The van der Waals surface area contributed by atoms with Crippen LogP contribution in [0, 0.1) is 0 Å². The van der Waals surface area contributed by atoms with E-state index in [-0.39, 0.29) is 18.3 Å². The van der Waals surface area contributed by atoms with Crippen LogP contribution in [-0.4, -0.2) is 22.7 Å². The Balaban J connectivity index is 1.47. The number of nitrogens with zero attached hydrogens (tertiary/aromatic N) is 1. The molecule has 0 aliphatic rings. The summed E-state index contributed by atoms with van der Waals surface area (Å²) < 4.78 is 35.3. The van der Waals surface area contributed by atoms with Crippen LogP contribution in [0.4, 0.5) is 14.6 Å². The number of para-hydroxylation sites is 1. The number of halogens is 2. The zero-order valence-corrected chi connectivity index (χ0v) is 15.6. The third-order valence-electron chi connectivity index (χ3n) is 4.39. The summed E-state index contributed by atoms with van der Waals surface area (Å²) in [5.41, 5.74) is 1.68. The van der Waals surface area contributed by atoms with Gasteiger partial charge in [-0.25, -0.2) is 0 Å². The molecule has 0 fully saturated rings. The molecule has 1 heterocycles. The van der Waals surface area contributed by atoms with E-state index in [0.29, 0.717) is 33.6 Å². The first-order valence-electron chi connectivity index (χ1n) is 9.10. The van der Waals surface area contributed by atoms with Crippen molar-refractivity contribution in [2.24, 2.45) is 0 Å². The minimum atomic E-state index is -2.91. The maximum atomic E-state index is 12.5. The molecule has 0 aliphatic carbocycles. The summed E-state index contributed by atoms with van der Waals surface area (Å²) in [6, 6.07) is 20.5. The third kappa shape index (κ3) is 4.38. The third-order valence-corrected chi connectivity index (χ3v) is 4.39. The van der Waals surface area contributed by atoms with Crippen molar-refractivity contribution in [2.75, 3.05) is 5.32 Å². The van der Waals surface area contributed by atoms with Gasteiger partial charge in [-0.05, 0) is 30.3 Å². The fourth-order valence-electron chi connectivity index (χ4n) is 2.95. The highest BCUT2D eigenvalue weighted by Gasteiger charge is 2.13. The maximum Gasteiger partial charge on any atom is 0.387 e. The predicted molar refractivity (Wildman–Crippen MR) is 108 cm³/mol. The van der Waals surface area contributed by atoms with Crippen molar-refractivity contribution in [3.8, 4) is 11.5 Å². The van der Waals surface area contributed by atoms with Gasteiger partial charge >= 0.3 is 6.61 Å². The molecule has 30 heavy (non-hydrogen) atoms. The predicted octanol–water partition coefficient (Wildman–Crippen LogP) is 5.00. The second kappa shape index (κ2) is 8.60. The normalized spacial score (nSPS) is 10.9. The molecule has 1 amide bonds. The highest BCUT2D eigenvalue weighted by atomic mass is 19.3. The summed E-state index contributed by atoms with van der Waals surface area (Å²) in [4.78, 5) is 12.3. The number of nitrogens with one attached hydrogen (secondary N) is 2. The standard InChI is InChI=1S/C22H17F2N3O3/c23-22(24)30-19-9-5-4-8-15(19)13-29-16-10-11-17-18(12-16)26-27-20(17)25-21(28)14-6-2-1-3-7-14/h1-12,22H,13H2,(H2,25,26,27,28). The lowest BCUT2D eigenvalue weighted by Crippen LogP contribution is -2.12. The SMILES string of the molecule is O=C(Nc1n[nH]c2cc(OCc3ccccc3OC(F)F)ccc12)c1ccccc1. The van der Waals surface area contributed by atoms with Crippen molar-refractivity contribution in [3.63, 3.8) is 0 Å². The number of alkyl halides is 2. The van der Waals surface area contributed by atoms with Gasteiger partial charge in [0.1, 0.15) is 18.1 Å². The molecule has 0 bridgehead atoms. The Morgan fingerprint density at radius 3 is 2.60 bits per heavy atom. The van der Waals surface area contributed by atoms with E-state index >= 15 is 0 Å². The summed E-state index contributed by atoms with van der Waals surface area (Å²) in [6.45, 7) is -2.85. The maximum absolute atomic E-state index is 12.5. The Morgan fingerprint density at radius 1 is 1.03 bits per heavy atom. The van der Waals surface area contributed by atoms with Crippen LogP contribution in [0.15, 0.2) is 72.8 Å². The molecule has 0 atom stereocenters. The summed E-state index contributed by atoms with van der Waals surface area (Å²) in [7, 11) is 0. The molecule has 3 aromatic carbocycles. The van der Waals surface area contributed by atoms with Gasteiger partial charge in [0, 0.05) is 22.6 Å². The van der Waals surface area contributed by atoms with Gasteiger partial charge in [-0.1, -0.05) is 36.4 Å². The lowest BCUT2D eigenvalue weighted by Gasteiger charge is -2.11. The Labute approximate surface area is 170 Å². The zero-order valence-electron chi connectivity index (χ0n) is 15.6. The molecule has 6 nitrogen and oxygen atoms in total. The molecule has 0 unspecified atom stereocenters. The van der Waals surface area contributed by atoms with E-state index in [1.54, 1.807) is 60.7 Å². The smallest absolute Gasteiger partial charge is 0.387 e. The van der Waals surface area contributed by atoms with E-state index in [1.165, 1.54) is 6.07 Å². The van der Waals surface area contributed by atoms with E-state index in [9.17, 15) is 13.6 Å². The van der Waals surface area contributed by atoms with Crippen LogP contribution in [0.1, 0.15) is 15.9 Å². The van der Waals surface area contributed by atoms with Crippen LogP contribution < -0.4 is 14.8 Å². The first-order chi connectivity index (χ1) is 14.6. The quantitative estimate of drug-likeness (QED) is 0.451. The number of benzene rings is 3. The van der Waals surface area contributed by atoms with Crippen LogP contribution in [0.5, 0.6) is 11.5 Å². The molecular weight excluding hydrogens is 392 g/mol. The lowest BCUT2D eigenvalue weighted by molar-refractivity contribution is -0.0508. The van der Waals surface area contributed by atoms with Crippen LogP contribution in [0.3, 0.4) is 0 Å². The summed E-state index contributed by atoms with van der Waals surface area (Å²) in [5.74, 6) is 0.723. The fraction of sp³-hybridized carbons (Fsp3) is 0.0909. The molecule has 0 radical (unpaired) electrons. The van der Waals surface area contributed by atoms with Crippen molar-refractivity contribution in [1.29, 1.82) is 0 Å². The number of aromatic nitrogens is 2. The minimum absolute atomic E-state index is 0.0557. The average molecular weight is 409 g/mol. The molecule has 0 aliphatic heterocycles. The highest BCUT2D eigenvalue weighted by molar-refractivity contribution is 6.07. The number of H-pyrrole nitrogens is 1. The van der Waals surface area contributed by atoms with Gasteiger partial charge in [0.25, 0.3) is 5.91 Å². The number of rotatable bonds is 7. The number of ether oxygens (including phenoxy) is 2. The van der Waals surface area contributed by atoms with Gasteiger partial charge in [-0.15, -0.1) is 0 Å². The number of fused-ring (bicyclic) bond motifs is 1. The van der Waals surface area contributed by atoms with Crippen LogP contribution in [0.25, 0.3) is 10.9 Å². The average Bonchev–Trinajstić information content (AvgIpc) is 3.15. The Morgan fingerprint density at radius 2 is 1.80 bits per heavy atom. The van der Waals surface area contributed by atoms with Crippen molar-refractivity contribution in [2.45, 2.75) is 13.2 Å². The summed E-state index contributed by atoms with van der Waals surface area (Å²) >= 11 is 0. The molecule has 8 heteroatoms. The molecular formula is C22H17F2N3O3. The van der Waals surface area contributed by atoms with Gasteiger partial charge in [-0.2, -0.15) is 13.9 Å². The van der Waals surface area contributed by atoms with E-state index in [2.05, 4.69) is 20.3 Å². The number of hydrogen-bond acceptors (Lipinski definition) is 4. The molecule has 4 rings (SSSR count). The highest BCUT2D eigenvalue weighted by Crippen LogP contribution is 2.27. The van der Waals surface area contributed by atoms with Crippen molar-refractivity contribution >= 4 is 22.6 Å². The second-order valence-corrected chi connectivity index (χ2v) is 6.37. The van der Waals surface area contributed by atoms with Crippen LogP contribution >= 0.6 is 0 Å². The first-order valence-corrected chi connectivity index (χ1v) is 9.10. The molecule has 0 saturated heterocycles. The van der Waals surface area contributed by atoms with Gasteiger partial charge in [-0.3, -0.25) is 9.89 Å². The van der Waals surface area contributed by atoms with Crippen molar-refractivity contribution in [1.82, 2.24) is 10.2 Å². The van der Waals surface area contributed by atoms with Gasteiger partial charge in [0.05, 0.1) is 5.52 Å². The first kappa shape index (κ1) is 19.4. The molecule has 1 aromatic heterocycles. The molecule has 152 valence electrons. The van der Waals surface area contributed by atoms with E-state index in [1.807, 2.05) is 6.07 Å². The van der Waals surface area contributed by atoms with Gasteiger partial charge in [0.15, 0.2) is 5.82 Å². The zero-order chi connectivity index (χ0) is 20.9. The lowest BCUT2D eigenvalue weighted by atomic mass is 10.2. The molecule has 2 N–H and O–H groups in total. The monoisotopic (exact) mass is 409 g/mol. The number of hydrogen-bond donors (Lipinski definition) is 2. The van der Waals surface area contributed by atoms with E-state index in [4.69, 9.17) is 4.74 Å². The fourth-order valence-corrected chi connectivity index (χ4v) is 2.95. The molecule has 0 spiro atoms. The summed E-state index contributed by atoms with van der Waals surface area (Å²) in [5, 5.41) is 10.5.